The molecule has 0 atom stereocenters. The summed E-state index contributed by atoms with van der Waals surface area (Å²) >= 11 is 12.2. The fourth-order valence-corrected chi connectivity index (χ4v) is 4.42. The van der Waals surface area contributed by atoms with Crippen LogP contribution in [0.4, 0.5) is 5.69 Å². The van der Waals surface area contributed by atoms with Gasteiger partial charge in [-0.15, -0.1) is 24.8 Å². The van der Waals surface area contributed by atoms with E-state index in [1.807, 2.05) is 24.3 Å². The topological polar surface area (TPSA) is 15.6 Å². The van der Waals surface area contributed by atoms with Crippen LogP contribution in [0.2, 0.25) is 10.0 Å². The summed E-state index contributed by atoms with van der Waals surface area (Å²) in [5.74, 6) is 0. The summed E-state index contributed by atoms with van der Waals surface area (Å²) in [6, 6.07) is 29.4. The molecule has 174 valence electrons. The number of hydrogen-bond acceptors (Lipinski definition) is 2. The van der Waals surface area contributed by atoms with Crippen molar-refractivity contribution in [1.82, 2.24) is 0 Å². The Kier molecular flexibility index (Phi) is 9.04. The van der Waals surface area contributed by atoms with E-state index in [0.717, 1.165) is 36.5 Å². The van der Waals surface area contributed by atoms with Gasteiger partial charge >= 0.3 is 0 Å². The molecule has 0 N–H and O–H groups in total. The van der Waals surface area contributed by atoms with E-state index in [0.29, 0.717) is 10.0 Å². The maximum atomic E-state index is 6.17. The zero-order valence-corrected chi connectivity index (χ0v) is 21.5. The average molecular weight is 530 g/mol. The molecule has 34 heavy (non-hydrogen) atoms. The van der Waals surface area contributed by atoms with Crippen LogP contribution in [0.15, 0.2) is 96.0 Å². The molecule has 0 unspecified atom stereocenters. The second-order valence-electron chi connectivity index (χ2n) is 7.89. The zero-order valence-electron chi connectivity index (χ0n) is 18.3. The van der Waals surface area contributed by atoms with Crippen molar-refractivity contribution in [3.8, 4) is 0 Å². The Bertz CT molecular complexity index is 1350. The van der Waals surface area contributed by atoms with Crippen molar-refractivity contribution in [1.29, 1.82) is 0 Å². The van der Waals surface area contributed by atoms with Gasteiger partial charge in [0.15, 0.2) is 0 Å². The number of nitrogens with zero attached hydrogens (tertiary/aromatic N) is 2. The first kappa shape index (κ1) is 26.1. The van der Waals surface area contributed by atoms with Crippen LogP contribution in [-0.4, -0.2) is 18.8 Å². The number of benzene rings is 4. The quantitative estimate of drug-likeness (QED) is 0.258. The maximum Gasteiger partial charge on any atom is 0.0668 e. The number of hydrogen-bond donors (Lipinski definition) is 0. The molecule has 0 aromatic heterocycles. The molecule has 1 heterocycles. The van der Waals surface area contributed by atoms with E-state index < -0.39 is 0 Å². The Morgan fingerprint density at radius 2 is 1.53 bits per heavy atom. The maximum absolute atomic E-state index is 6.17. The van der Waals surface area contributed by atoms with Crippen LogP contribution in [0.3, 0.4) is 0 Å². The number of rotatable bonds is 4. The van der Waals surface area contributed by atoms with Crippen LogP contribution in [0.25, 0.3) is 16.8 Å². The minimum atomic E-state index is 0. The molecular formula is C28H24Cl4N2. The molecule has 5 rings (SSSR count). The lowest BCUT2D eigenvalue weighted by Gasteiger charge is -2.25. The van der Waals surface area contributed by atoms with E-state index in [1.165, 1.54) is 22.0 Å². The Morgan fingerprint density at radius 1 is 0.765 bits per heavy atom. The number of aliphatic imine (C=N–C) groups is 1. The first-order chi connectivity index (χ1) is 15.7. The highest BCUT2D eigenvalue weighted by molar-refractivity contribution is 6.42. The molecule has 6 heteroatoms. The van der Waals surface area contributed by atoms with Crippen molar-refractivity contribution in [2.24, 2.45) is 4.99 Å². The van der Waals surface area contributed by atoms with Crippen molar-refractivity contribution in [2.75, 3.05) is 18.0 Å². The molecule has 0 aliphatic carbocycles. The molecule has 4 aromatic carbocycles. The van der Waals surface area contributed by atoms with Gasteiger partial charge in [-0.2, -0.15) is 0 Å². The second-order valence-corrected chi connectivity index (χ2v) is 8.71. The lowest BCUT2D eigenvalue weighted by molar-refractivity contribution is 0.798. The Morgan fingerprint density at radius 3 is 2.35 bits per heavy atom. The monoisotopic (exact) mass is 528 g/mol. The number of allylic oxidation sites excluding steroid dienone is 1. The van der Waals surface area contributed by atoms with Crippen molar-refractivity contribution >= 4 is 76.3 Å². The minimum absolute atomic E-state index is 0. The zero-order chi connectivity index (χ0) is 21.9. The van der Waals surface area contributed by atoms with E-state index >= 15 is 0 Å². The van der Waals surface area contributed by atoms with Crippen LogP contribution in [0.5, 0.6) is 0 Å². The third kappa shape index (κ3) is 5.76. The molecule has 4 aromatic rings. The van der Waals surface area contributed by atoms with E-state index in [-0.39, 0.29) is 24.8 Å². The highest BCUT2D eigenvalue weighted by Crippen LogP contribution is 2.28. The van der Waals surface area contributed by atoms with Gasteiger partial charge in [0.1, 0.15) is 0 Å². The standard InChI is InChI=1S/C28H22Cl2N2.2ClH/c29-25-13-10-20(18-26(25)30)11-14-27-24-7-3-4-8-28(24)32(16-15-31-27)19-21-9-12-22-5-1-2-6-23(22)17-21;;/h1-14,17-18H,15-16,19H2;2*1H/b14-11+;;. The molecular weight excluding hydrogens is 506 g/mol. The number of fused-ring (bicyclic) bond motifs is 2. The van der Waals surface area contributed by atoms with Gasteiger partial charge in [-0.1, -0.05) is 89.9 Å². The normalized spacial score (nSPS) is 13.0. The van der Waals surface area contributed by atoms with E-state index in [4.69, 9.17) is 28.2 Å². The molecule has 0 bridgehead atoms. The Labute approximate surface area is 222 Å². The van der Waals surface area contributed by atoms with Crippen LogP contribution in [0, 0.1) is 0 Å². The smallest absolute Gasteiger partial charge is 0.0668 e. The molecule has 0 radical (unpaired) electrons. The van der Waals surface area contributed by atoms with Crippen molar-refractivity contribution in [2.45, 2.75) is 6.54 Å². The van der Waals surface area contributed by atoms with Crippen LogP contribution in [0.1, 0.15) is 16.7 Å². The molecule has 0 saturated carbocycles. The van der Waals surface area contributed by atoms with E-state index in [1.54, 1.807) is 0 Å². The summed E-state index contributed by atoms with van der Waals surface area (Å²) in [4.78, 5) is 7.31. The second kappa shape index (κ2) is 11.8. The summed E-state index contributed by atoms with van der Waals surface area (Å²) in [6.07, 6.45) is 4.11. The minimum Gasteiger partial charge on any atom is -0.365 e. The Hall–Kier alpha value is -2.49. The number of anilines is 1. The molecule has 0 spiro atoms. The summed E-state index contributed by atoms with van der Waals surface area (Å²) in [5.41, 5.74) is 5.62. The van der Waals surface area contributed by atoms with Gasteiger partial charge < -0.3 is 4.90 Å². The fourth-order valence-electron chi connectivity index (χ4n) is 4.12. The van der Waals surface area contributed by atoms with Crippen LogP contribution < -0.4 is 4.90 Å². The van der Waals surface area contributed by atoms with Gasteiger partial charge in [0.25, 0.3) is 0 Å². The number of benzodiazepines with no additional fused rings is 1. The third-order valence-electron chi connectivity index (χ3n) is 5.74. The molecule has 0 fully saturated rings. The summed E-state index contributed by atoms with van der Waals surface area (Å²) in [7, 11) is 0. The van der Waals surface area contributed by atoms with Crippen molar-refractivity contribution in [3.63, 3.8) is 0 Å². The highest BCUT2D eigenvalue weighted by Gasteiger charge is 2.17. The van der Waals surface area contributed by atoms with Gasteiger partial charge in [0.2, 0.25) is 0 Å². The Balaban J connectivity index is 0.00000162. The first-order valence-electron chi connectivity index (χ1n) is 10.7. The molecule has 1 aliphatic rings. The highest BCUT2D eigenvalue weighted by atomic mass is 35.5. The van der Waals surface area contributed by atoms with E-state index in [9.17, 15) is 0 Å². The van der Waals surface area contributed by atoms with Gasteiger partial charge in [-0.25, -0.2) is 0 Å². The van der Waals surface area contributed by atoms with Gasteiger partial charge in [0.05, 0.1) is 22.3 Å². The lowest BCUT2D eigenvalue weighted by atomic mass is 10.0. The number of halogens is 4. The SMILES string of the molecule is Cl.Cl.Clc1ccc(/C=C/C2=NCCN(Cc3ccc4ccccc4c3)c3ccccc32)cc1Cl. The van der Waals surface area contributed by atoms with Gasteiger partial charge in [-0.05, 0) is 52.2 Å². The summed E-state index contributed by atoms with van der Waals surface area (Å²) in [6.45, 7) is 2.46. The van der Waals surface area contributed by atoms with Crippen LogP contribution >= 0.6 is 48.0 Å². The van der Waals surface area contributed by atoms with E-state index in [2.05, 4.69) is 77.7 Å². The predicted molar refractivity (Wildman–Crippen MR) is 153 cm³/mol. The predicted octanol–water partition coefficient (Wildman–Crippen LogP) is 8.51. The summed E-state index contributed by atoms with van der Waals surface area (Å²) < 4.78 is 0. The first-order valence-corrected chi connectivity index (χ1v) is 11.4. The number of para-hydroxylation sites is 1. The third-order valence-corrected chi connectivity index (χ3v) is 6.48. The molecule has 2 nitrogen and oxygen atoms in total. The van der Waals surface area contributed by atoms with Gasteiger partial charge in [-0.3, -0.25) is 4.99 Å². The van der Waals surface area contributed by atoms with Crippen molar-refractivity contribution in [3.05, 3.63) is 118 Å². The van der Waals surface area contributed by atoms with Gasteiger partial charge in [0, 0.05) is 24.3 Å². The van der Waals surface area contributed by atoms with Crippen LogP contribution in [-0.2, 0) is 6.54 Å². The fraction of sp³-hybridized carbons (Fsp3) is 0.107. The molecule has 0 saturated heterocycles. The molecule has 0 amide bonds. The summed E-state index contributed by atoms with van der Waals surface area (Å²) in [5, 5.41) is 3.66. The van der Waals surface area contributed by atoms with Crippen molar-refractivity contribution < 1.29 is 0 Å². The molecule has 1 aliphatic heterocycles. The average Bonchev–Trinajstić information content (AvgIpc) is 2.99. The lowest BCUT2D eigenvalue weighted by Crippen LogP contribution is -2.25. The largest absolute Gasteiger partial charge is 0.365 e.